The minimum Gasteiger partial charge on any atom is -0.481 e. The maximum absolute atomic E-state index is 5.49. The van der Waals surface area contributed by atoms with Crippen LogP contribution in [0.5, 0.6) is 5.88 Å². The first kappa shape index (κ1) is 15.7. The highest BCUT2D eigenvalue weighted by Crippen LogP contribution is 2.29. The molecule has 23 heavy (non-hydrogen) atoms. The van der Waals surface area contributed by atoms with Gasteiger partial charge in [0.2, 0.25) is 5.88 Å². The molecular formula is C16H21N5OS. The van der Waals surface area contributed by atoms with Gasteiger partial charge in [0.25, 0.3) is 0 Å². The van der Waals surface area contributed by atoms with Crippen molar-refractivity contribution in [3.63, 3.8) is 0 Å². The standard InChI is InChI=1S/C16H21N5OS/c1-5-10-7-11-14(18-9-19-15(11)23-10)17-8-12-13(6-2)20-21(3)16(12)22-4/h7,9H,5-6,8H2,1-4H3,(H,17,18,19). The van der Waals surface area contributed by atoms with Gasteiger partial charge in [-0.1, -0.05) is 13.8 Å². The predicted molar refractivity (Wildman–Crippen MR) is 93.3 cm³/mol. The maximum atomic E-state index is 5.49. The summed E-state index contributed by atoms with van der Waals surface area (Å²) in [6.45, 7) is 4.88. The molecule has 0 radical (unpaired) electrons. The molecule has 0 amide bonds. The lowest BCUT2D eigenvalue weighted by atomic mass is 10.2. The van der Waals surface area contributed by atoms with Gasteiger partial charge in [0.1, 0.15) is 17.0 Å². The van der Waals surface area contributed by atoms with Crippen LogP contribution in [-0.4, -0.2) is 26.9 Å². The van der Waals surface area contributed by atoms with E-state index in [4.69, 9.17) is 4.74 Å². The van der Waals surface area contributed by atoms with Crippen LogP contribution in [0.15, 0.2) is 12.4 Å². The van der Waals surface area contributed by atoms with Crippen molar-refractivity contribution in [2.24, 2.45) is 7.05 Å². The zero-order valence-electron chi connectivity index (χ0n) is 13.9. The number of nitrogens with zero attached hydrogens (tertiary/aromatic N) is 4. The number of anilines is 1. The first-order valence-corrected chi connectivity index (χ1v) is 8.55. The van der Waals surface area contributed by atoms with Crippen LogP contribution in [0.3, 0.4) is 0 Å². The van der Waals surface area contributed by atoms with E-state index in [2.05, 4.69) is 40.3 Å². The summed E-state index contributed by atoms with van der Waals surface area (Å²) in [6.07, 6.45) is 3.49. The monoisotopic (exact) mass is 331 g/mol. The van der Waals surface area contributed by atoms with Crippen molar-refractivity contribution >= 4 is 27.4 Å². The lowest BCUT2D eigenvalue weighted by molar-refractivity contribution is 0.370. The molecule has 3 heterocycles. The number of aromatic nitrogens is 4. The van der Waals surface area contributed by atoms with E-state index >= 15 is 0 Å². The third-order valence-electron chi connectivity index (χ3n) is 3.86. The van der Waals surface area contributed by atoms with Crippen LogP contribution in [0.2, 0.25) is 0 Å². The summed E-state index contributed by atoms with van der Waals surface area (Å²) < 4.78 is 7.27. The SMILES string of the molecule is CCc1cc2c(NCc3c(CC)nn(C)c3OC)ncnc2s1. The molecule has 1 N–H and O–H groups in total. The molecule has 0 aliphatic rings. The summed E-state index contributed by atoms with van der Waals surface area (Å²) in [5, 5.41) is 9.02. The lowest BCUT2D eigenvalue weighted by Crippen LogP contribution is -2.05. The molecular weight excluding hydrogens is 310 g/mol. The minimum atomic E-state index is 0.629. The first-order valence-electron chi connectivity index (χ1n) is 7.73. The van der Waals surface area contributed by atoms with Crippen LogP contribution >= 0.6 is 11.3 Å². The molecule has 0 aliphatic carbocycles. The van der Waals surface area contributed by atoms with Crippen LogP contribution < -0.4 is 10.1 Å². The van der Waals surface area contributed by atoms with E-state index in [0.717, 1.165) is 46.0 Å². The van der Waals surface area contributed by atoms with Crippen LogP contribution in [-0.2, 0) is 26.4 Å². The van der Waals surface area contributed by atoms with Crippen LogP contribution in [0.4, 0.5) is 5.82 Å². The Kier molecular flexibility index (Phi) is 4.47. The number of rotatable bonds is 6. The molecule has 3 aromatic rings. The molecule has 6 nitrogen and oxygen atoms in total. The Morgan fingerprint density at radius 1 is 1.26 bits per heavy atom. The second-order valence-electron chi connectivity index (χ2n) is 5.27. The van der Waals surface area contributed by atoms with Gasteiger partial charge in [-0.15, -0.1) is 11.3 Å². The van der Waals surface area contributed by atoms with E-state index in [0.29, 0.717) is 6.54 Å². The van der Waals surface area contributed by atoms with E-state index in [1.54, 1.807) is 29.5 Å². The van der Waals surface area contributed by atoms with Crippen molar-refractivity contribution in [3.05, 3.63) is 28.5 Å². The van der Waals surface area contributed by atoms with Crippen molar-refractivity contribution in [1.29, 1.82) is 0 Å². The van der Waals surface area contributed by atoms with Gasteiger partial charge in [0, 0.05) is 18.5 Å². The fourth-order valence-corrected chi connectivity index (χ4v) is 3.65. The molecule has 0 fully saturated rings. The van der Waals surface area contributed by atoms with Crippen molar-refractivity contribution in [2.75, 3.05) is 12.4 Å². The van der Waals surface area contributed by atoms with Gasteiger partial charge >= 0.3 is 0 Å². The number of nitrogens with one attached hydrogen (secondary N) is 1. The predicted octanol–water partition coefficient (Wildman–Crippen LogP) is 3.17. The molecule has 3 rings (SSSR count). The van der Waals surface area contributed by atoms with Gasteiger partial charge in [-0.25, -0.2) is 14.6 Å². The van der Waals surface area contributed by atoms with E-state index in [9.17, 15) is 0 Å². The first-order chi connectivity index (χ1) is 11.2. The molecule has 0 bridgehead atoms. The highest BCUT2D eigenvalue weighted by molar-refractivity contribution is 7.18. The zero-order valence-corrected chi connectivity index (χ0v) is 14.7. The smallest absolute Gasteiger partial charge is 0.216 e. The normalized spacial score (nSPS) is 11.1. The summed E-state index contributed by atoms with van der Waals surface area (Å²) in [5.41, 5.74) is 2.12. The summed E-state index contributed by atoms with van der Waals surface area (Å²) in [4.78, 5) is 11.1. The molecule has 0 aromatic carbocycles. The Bertz CT molecular complexity index is 823. The van der Waals surface area contributed by atoms with E-state index in [-0.39, 0.29) is 0 Å². The average molecular weight is 331 g/mol. The Morgan fingerprint density at radius 3 is 2.78 bits per heavy atom. The molecule has 0 saturated carbocycles. The van der Waals surface area contributed by atoms with Gasteiger partial charge in [-0.2, -0.15) is 5.10 Å². The number of hydrogen-bond acceptors (Lipinski definition) is 6. The second kappa shape index (κ2) is 6.54. The van der Waals surface area contributed by atoms with Crippen LogP contribution in [0.1, 0.15) is 30.0 Å². The van der Waals surface area contributed by atoms with Crippen molar-refractivity contribution in [1.82, 2.24) is 19.7 Å². The molecule has 0 spiro atoms. The van der Waals surface area contributed by atoms with Gasteiger partial charge in [0.05, 0.1) is 23.8 Å². The molecule has 3 aromatic heterocycles. The highest BCUT2D eigenvalue weighted by atomic mass is 32.1. The molecule has 0 unspecified atom stereocenters. The Hall–Kier alpha value is -2.15. The Labute approximate surface area is 139 Å². The lowest BCUT2D eigenvalue weighted by Gasteiger charge is -2.08. The largest absolute Gasteiger partial charge is 0.481 e. The van der Waals surface area contributed by atoms with E-state index in [1.807, 2.05) is 7.05 Å². The number of thiophene rings is 1. The topological polar surface area (TPSA) is 64.9 Å². The summed E-state index contributed by atoms with van der Waals surface area (Å²) in [6, 6.07) is 2.17. The van der Waals surface area contributed by atoms with Crippen LogP contribution in [0, 0.1) is 0 Å². The van der Waals surface area contributed by atoms with Gasteiger partial charge in [-0.05, 0) is 18.9 Å². The molecule has 0 aliphatic heterocycles. The number of methoxy groups -OCH3 is 1. The second-order valence-corrected chi connectivity index (χ2v) is 6.39. The fraction of sp³-hybridized carbons (Fsp3) is 0.438. The van der Waals surface area contributed by atoms with Gasteiger partial charge in [0.15, 0.2) is 0 Å². The zero-order chi connectivity index (χ0) is 16.4. The summed E-state index contributed by atoms with van der Waals surface area (Å²) >= 11 is 1.72. The molecule has 7 heteroatoms. The Balaban J connectivity index is 1.91. The van der Waals surface area contributed by atoms with Crippen molar-refractivity contribution in [3.8, 4) is 5.88 Å². The number of hydrogen-bond donors (Lipinski definition) is 1. The highest BCUT2D eigenvalue weighted by Gasteiger charge is 2.16. The van der Waals surface area contributed by atoms with E-state index < -0.39 is 0 Å². The average Bonchev–Trinajstić information content (AvgIpc) is 3.12. The summed E-state index contributed by atoms with van der Waals surface area (Å²) in [7, 11) is 3.58. The molecule has 0 saturated heterocycles. The molecule has 122 valence electrons. The number of fused-ring (bicyclic) bond motifs is 1. The number of aryl methyl sites for hydroxylation is 3. The quantitative estimate of drug-likeness (QED) is 0.751. The third kappa shape index (κ3) is 2.88. The maximum Gasteiger partial charge on any atom is 0.216 e. The van der Waals surface area contributed by atoms with Crippen molar-refractivity contribution in [2.45, 2.75) is 33.2 Å². The summed E-state index contributed by atoms with van der Waals surface area (Å²) in [5.74, 6) is 1.65. The fourth-order valence-electron chi connectivity index (χ4n) is 2.72. The van der Waals surface area contributed by atoms with Gasteiger partial charge < -0.3 is 10.1 Å². The van der Waals surface area contributed by atoms with Crippen molar-refractivity contribution < 1.29 is 4.74 Å². The third-order valence-corrected chi connectivity index (χ3v) is 5.05. The van der Waals surface area contributed by atoms with Crippen LogP contribution in [0.25, 0.3) is 10.2 Å². The Morgan fingerprint density at radius 2 is 2.09 bits per heavy atom. The molecule has 0 atom stereocenters. The van der Waals surface area contributed by atoms with E-state index in [1.165, 1.54) is 4.88 Å². The minimum absolute atomic E-state index is 0.629. The number of ether oxygens (including phenoxy) is 1. The van der Waals surface area contributed by atoms with Gasteiger partial charge in [-0.3, -0.25) is 0 Å².